The van der Waals surface area contributed by atoms with Crippen LogP contribution in [0.5, 0.6) is 0 Å². The van der Waals surface area contributed by atoms with Crippen LogP contribution in [-0.2, 0) is 0 Å². The van der Waals surface area contributed by atoms with E-state index in [9.17, 15) is 0 Å². The number of benzene rings is 1. The zero-order valence-electron chi connectivity index (χ0n) is 14.4. The lowest BCUT2D eigenvalue weighted by atomic mass is 10.0. The van der Waals surface area contributed by atoms with Gasteiger partial charge in [-0.15, -0.1) is 0 Å². The van der Waals surface area contributed by atoms with Crippen molar-refractivity contribution < 1.29 is 0 Å². The molecule has 25 heavy (non-hydrogen) atoms. The molecule has 1 aliphatic heterocycles. The van der Waals surface area contributed by atoms with Crippen LogP contribution in [0.4, 0.5) is 17.5 Å². The summed E-state index contributed by atoms with van der Waals surface area (Å²) in [5.74, 6) is 1.52. The Hall–Kier alpha value is -2.52. The Morgan fingerprint density at radius 1 is 1.36 bits per heavy atom. The highest BCUT2D eigenvalue weighted by Crippen LogP contribution is 2.29. The average molecular weight is 357 g/mol. The van der Waals surface area contributed by atoms with Gasteiger partial charge in [-0.1, -0.05) is 11.6 Å². The van der Waals surface area contributed by atoms with Crippen molar-refractivity contribution in [2.24, 2.45) is 0 Å². The first-order valence-corrected chi connectivity index (χ1v) is 8.66. The normalized spacial score (nSPS) is 17.0. The smallest absolute Gasteiger partial charge is 0.226 e. The zero-order valence-corrected chi connectivity index (χ0v) is 15.2. The monoisotopic (exact) mass is 356 g/mol. The summed E-state index contributed by atoms with van der Waals surface area (Å²) in [5.41, 5.74) is 1.56. The molecule has 2 aromatic rings. The lowest BCUT2D eigenvalue weighted by Gasteiger charge is -2.35. The second-order valence-corrected chi connectivity index (χ2v) is 6.75. The summed E-state index contributed by atoms with van der Waals surface area (Å²) in [7, 11) is 3.85. The second kappa shape index (κ2) is 7.58. The summed E-state index contributed by atoms with van der Waals surface area (Å²) in [6.07, 6.45) is 3.91. The number of nitrogens with zero attached hydrogens (tertiary/aromatic N) is 5. The molecule has 0 aliphatic carbocycles. The topological polar surface area (TPSA) is 68.1 Å². The fourth-order valence-electron chi connectivity index (χ4n) is 3.00. The molecule has 1 unspecified atom stereocenters. The minimum Gasteiger partial charge on any atom is -0.368 e. The molecule has 0 spiro atoms. The van der Waals surface area contributed by atoms with Crippen molar-refractivity contribution in [1.29, 1.82) is 5.26 Å². The molecule has 2 heterocycles. The highest BCUT2D eigenvalue weighted by atomic mass is 35.5. The third-order valence-electron chi connectivity index (χ3n) is 4.23. The van der Waals surface area contributed by atoms with E-state index in [1.54, 1.807) is 12.3 Å². The van der Waals surface area contributed by atoms with Gasteiger partial charge >= 0.3 is 0 Å². The third-order valence-corrected chi connectivity index (χ3v) is 4.54. The first-order valence-electron chi connectivity index (χ1n) is 8.28. The van der Waals surface area contributed by atoms with Gasteiger partial charge in [0.05, 0.1) is 22.3 Å². The summed E-state index contributed by atoms with van der Waals surface area (Å²) in [5, 5.41) is 13.1. The van der Waals surface area contributed by atoms with E-state index < -0.39 is 0 Å². The summed E-state index contributed by atoms with van der Waals surface area (Å²) in [6.45, 7) is 1.80. The summed E-state index contributed by atoms with van der Waals surface area (Å²) >= 11 is 6.37. The van der Waals surface area contributed by atoms with E-state index in [-0.39, 0.29) is 6.04 Å². The minimum absolute atomic E-state index is 0.283. The third kappa shape index (κ3) is 4.12. The number of aromatic nitrogens is 2. The first kappa shape index (κ1) is 17.3. The van der Waals surface area contributed by atoms with Gasteiger partial charge in [-0.25, -0.2) is 4.98 Å². The molecule has 0 saturated carbocycles. The zero-order chi connectivity index (χ0) is 17.8. The molecule has 1 atom stereocenters. The predicted molar refractivity (Wildman–Crippen MR) is 101 cm³/mol. The van der Waals surface area contributed by atoms with Gasteiger partial charge in [0.25, 0.3) is 0 Å². The van der Waals surface area contributed by atoms with E-state index in [4.69, 9.17) is 16.9 Å². The predicted octanol–water partition coefficient (Wildman–Crippen LogP) is 3.15. The summed E-state index contributed by atoms with van der Waals surface area (Å²) in [6, 6.07) is 9.76. The number of nitrogens with one attached hydrogen (secondary N) is 1. The molecule has 130 valence electrons. The minimum atomic E-state index is 0.283. The van der Waals surface area contributed by atoms with E-state index in [2.05, 4.69) is 26.3 Å². The molecule has 7 heteroatoms. The molecule has 1 saturated heterocycles. The maximum Gasteiger partial charge on any atom is 0.226 e. The maximum absolute atomic E-state index is 8.98. The lowest BCUT2D eigenvalue weighted by molar-refractivity contribution is 0.529. The van der Waals surface area contributed by atoms with Crippen LogP contribution in [0.15, 0.2) is 30.5 Å². The molecular weight excluding hydrogens is 336 g/mol. The molecule has 6 nitrogen and oxygen atoms in total. The Kier molecular flexibility index (Phi) is 5.25. The number of nitriles is 1. The SMILES string of the molecule is CN(C)c1nccc(NC2CCCN(c3ccc(C#N)cc3Cl)C2)n1. The summed E-state index contributed by atoms with van der Waals surface area (Å²) < 4.78 is 0. The quantitative estimate of drug-likeness (QED) is 0.907. The van der Waals surface area contributed by atoms with E-state index in [0.29, 0.717) is 16.5 Å². The Balaban J connectivity index is 1.71. The van der Waals surface area contributed by atoms with Gasteiger partial charge in [0.2, 0.25) is 5.95 Å². The van der Waals surface area contributed by atoms with Crippen molar-refractivity contribution in [3.05, 3.63) is 41.0 Å². The van der Waals surface area contributed by atoms with Gasteiger partial charge in [0.15, 0.2) is 0 Å². The van der Waals surface area contributed by atoms with Gasteiger partial charge in [0.1, 0.15) is 5.82 Å². The number of hydrogen-bond acceptors (Lipinski definition) is 6. The molecule has 1 aromatic carbocycles. The van der Waals surface area contributed by atoms with Gasteiger partial charge < -0.3 is 15.1 Å². The molecule has 0 bridgehead atoms. The van der Waals surface area contributed by atoms with Crippen molar-refractivity contribution >= 4 is 29.1 Å². The average Bonchev–Trinajstić information content (AvgIpc) is 2.62. The second-order valence-electron chi connectivity index (χ2n) is 6.34. The molecule has 1 N–H and O–H groups in total. The van der Waals surface area contributed by atoms with Crippen molar-refractivity contribution in [2.75, 3.05) is 42.3 Å². The van der Waals surface area contributed by atoms with Gasteiger partial charge in [0, 0.05) is 39.4 Å². The molecule has 0 amide bonds. The summed E-state index contributed by atoms with van der Waals surface area (Å²) in [4.78, 5) is 12.9. The lowest BCUT2D eigenvalue weighted by Crippen LogP contribution is -2.42. The molecule has 3 rings (SSSR count). The van der Waals surface area contributed by atoms with Crippen LogP contribution < -0.4 is 15.1 Å². The fourth-order valence-corrected chi connectivity index (χ4v) is 3.30. The van der Waals surface area contributed by atoms with Crippen LogP contribution in [0, 0.1) is 11.3 Å². The van der Waals surface area contributed by atoms with Crippen LogP contribution in [0.1, 0.15) is 18.4 Å². The van der Waals surface area contributed by atoms with Crippen LogP contribution in [0.2, 0.25) is 5.02 Å². The Morgan fingerprint density at radius 2 is 2.20 bits per heavy atom. The Labute approximate surface area is 153 Å². The van der Waals surface area contributed by atoms with Crippen molar-refractivity contribution in [2.45, 2.75) is 18.9 Å². The van der Waals surface area contributed by atoms with Crippen LogP contribution in [-0.4, -0.2) is 43.2 Å². The first-order chi connectivity index (χ1) is 12.1. The van der Waals surface area contributed by atoms with Gasteiger partial charge in [-0.05, 0) is 37.1 Å². The van der Waals surface area contributed by atoms with Crippen molar-refractivity contribution in [1.82, 2.24) is 9.97 Å². The van der Waals surface area contributed by atoms with E-state index in [1.165, 1.54) is 0 Å². The standard InChI is InChI=1S/C18H21ClN6/c1-24(2)18-21-8-7-17(23-18)22-14-4-3-9-25(12-14)16-6-5-13(11-20)10-15(16)19/h5-8,10,14H,3-4,9,12H2,1-2H3,(H,21,22,23). The fraction of sp³-hybridized carbons (Fsp3) is 0.389. The molecule has 1 fully saturated rings. The molecular formula is C18H21ClN6. The van der Waals surface area contributed by atoms with E-state index in [1.807, 2.05) is 37.2 Å². The Bertz CT molecular complexity index is 785. The number of halogens is 1. The number of hydrogen-bond donors (Lipinski definition) is 1. The van der Waals surface area contributed by atoms with Gasteiger partial charge in [-0.3, -0.25) is 0 Å². The number of piperidine rings is 1. The van der Waals surface area contributed by atoms with Crippen LogP contribution in [0.25, 0.3) is 0 Å². The molecule has 1 aliphatic rings. The van der Waals surface area contributed by atoms with Crippen molar-refractivity contribution in [3.8, 4) is 6.07 Å². The number of anilines is 3. The highest BCUT2D eigenvalue weighted by Gasteiger charge is 2.22. The maximum atomic E-state index is 8.98. The molecule has 1 aromatic heterocycles. The van der Waals surface area contributed by atoms with Crippen LogP contribution in [0.3, 0.4) is 0 Å². The molecule has 0 radical (unpaired) electrons. The van der Waals surface area contributed by atoms with Crippen molar-refractivity contribution in [3.63, 3.8) is 0 Å². The Morgan fingerprint density at radius 3 is 2.92 bits per heavy atom. The number of rotatable bonds is 4. The van der Waals surface area contributed by atoms with Crippen LogP contribution >= 0.6 is 11.6 Å². The largest absolute Gasteiger partial charge is 0.368 e. The van der Waals surface area contributed by atoms with Gasteiger partial charge in [-0.2, -0.15) is 10.2 Å². The van der Waals surface area contributed by atoms with E-state index in [0.717, 1.165) is 37.4 Å². The van der Waals surface area contributed by atoms with E-state index >= 15 is 0 Å². The highest BCUT2D eigenvalue weighted by molar-refractivity contribution is 6.33.